The lowest BCUT2D eigenvalue weighted by Crippen LogP contribution is -2.40. The van der Waals surface area contributed by atoms with Crippen LogP contribution in [0.4, 0.5) is 0 Å². The van der Waals surface area contributed by atoms with Crippen molar-refractivity contribution in [1.29, 1.82) is 5.26 Å². The number of carbonyl (C=O) groups excluding carboxylic acids is 1. The van der Waals surface area contributed by atoms with Crippen LogP contribution >= 0.6 is 0 Å². The molecule has 3 aromatic rings. The Hall–Kier alpha value is -3.59. The third kappa shape index (κ3) is 4.77. The Balaban J connectivity index is 1.40. The van der Waals surface area contributed by atoms with E-state index in [0.29, 0.717) is 29.4 Å². The van der Waals surface area contributed by atoms with E-state index >= 15 is 0 Å². The summed E-state index contributed by atoms with van der Waals surface area (Å²) in [6, 6.07) is 17.3. The summed E-state index contributed by atoms with van der Waals surface area (Å²) in [6.07, 6.45) is 4.91. The van der Waals surface area contributed by atoms with Crippen LogP contribution in [-0.4, -0.2) is 29.6 Å². The van der Waals surface area contributed by atoms with Crippen LogP contribution in [0.5, 0.6) is 11.6 Å². The smallest absolute Gasteiger partial charge is 0.255 e. The minimum Gasteiger partial charge on any atom is -0.493 e. The van der Waals surface area contributed by atoms with Gasteiger partial charge in [0.25, 0.3) is 5.91 Å². The average molecular weight is 415 g/mol. The van der Waals surface area contributed by atoms with Crippen LogP contribution < -0.4 is 14.8 Å². The standard InChI is InChI=1S/C25H25N3O3/c1-2-30-22-13-8-18-5-3-4-6-21(18)24(22)25(29)28-19-9-11-20(12-10-19)31-23-14-7-17(15-26)16-27-23/h3-8,13-14,16,19-20H,2,9-12H2,1H3,(H,28,29). The summed E-state index contributed by atoms with van der Waals surface area (Å²) in [5.74, 6) is 1.05. The monoisotopic (exact) mass is 415 g/mol. The SMILES string of the molecule is CCOc1ccc2ccccc2c1C(=O)NC1CCC(Oc2ccc(C#N)cn2)CC1. The van der Waals surface area contributed by atoms with Crippen LogP contribution in [0.3, 0.4) is 0 Å². The number of benzene rings is 2. The molecule has 4 rings (SSSR count). The van der Waals surface area contributed by atoms with Gasteiger partial charge in [-0.15, -0.1) is 0 Å². The van der Waals surface area contributed by atoms with E-state index in [-0.39, 0.29) is 18.1 Å². The van der Waals surface area contributed by atoms with Gasteiger partial charge in [-0.25, -0.2) is 4.98 Å². The molecule has 6 heteroatoms. The highest BCUT2D eigenvalue weighted by Gasteiger charge is 2.26. The Bertz CT molecular complexity index is 1100. The number of nitriles is 1. The van der Waals surface area contributed by atoms with E-state index < -0.39 is 0 Å². The summed E-state index contributed by atoms with van der Waals surface area (Å²) in [5, 5.41) is 14.0. The molecule has 1 amide bonds. The zero-order valence-electron chi connectivity index (χ0n) is 17.5. The van der Waals surface area contributed by atoms with Gasteiger partial charge in [0.1, 0.15) is 17.9 Å². The van der Waals surface area contributed by atoms with Crippen molar-refractivity contribution in [3.63, 3.8) is 0 Å². The molecule has 1 aliphatic rings. The van der Waals surface area contributed by atoms with Gasteiger partial charge in [-0.1, -0.05) is 30.3 Å². The van der Waals surface area contributed by atoms with E-state index in [2.05, 4.69) is 16.4 Å². The van der Waals surface area contributed by atoms with Gasteiger partial charge in [0, 0.05) is 18.3 Å². The Morgan fingerprint density at radius 3 is 2.65 bits per heavy atom. The first-order valence-corrected chi connectivity index (χ1v) is 10.7. The second-order valence-corrected chi connectivity index (χ2v) is 7.65. The predicted octanol–water partition coefficient (Wildman–Crippen LogP) is 4.63. The van der Waals surface area contributed by atoms with Crippen LogP contribution in [-0.2, 0) is 0 Å². The van der Waals surface area contributed by atoms with Crippen molar-refractivity contribution in [3.8, 4) is 17.7 Å². The van der Waals surface area contributed by atoms with E-state index in [1.807, 2.05) is 43.3 Å². The molecule has 2 aromatic carbocycles. The van der Waals surface area contributed by atoms with Gasteiger partial charge in [0.2, 0.25) is 5.88 Å². The molecule has 0 aliphatic heterocycles. The summed E-state index contributed by atoms with van der Waals surface area (Å²) in [7, 11) is 0. The van der Waals surface area contributed by atoms with E-state index in [1.54, 1.807) is 12.1 Å². The highest BCUT2D eigenvalue weighted by Crippen LogP contribution is 2.29. The fourth-order valence-corrected chi connectivity index (χ4v) is 4.03. The first kappa shape index (κ1) is 20.7. The van der Waals surface area contributed by atoms with Crippen molar-refractivity contribution in [2.45, 2.75) is 44.8 Å². The number of aromatic nitrogens is 1. The number of fused-ring (bicyclic) bond motifs is 1. The Labute approximate surface area is 181 Å². The Kier molecular flexibility index (Phi) is 6.32. The van der Waals surface area contributed by atoms with Gasteiger partial charge in [0.15, 0.2) is 0 Å². The molecule has 0 saturated heterocycles. The number of carbonyl (C=O) groups is 1. The first-order chi connectivity index (χ1) is 15.2. The van der Waals surface area contributed by atoms with Gasteiger partial charge in [-0.2, -0.15) is 5.26 Å². The normalized spacial score (nSPS) is 18.2. The van der Waals surface area contributed by atoms with Gasteiger partial charge < -0.3 is 14.8 Å². The maximum absolute atomic E-state index is 13.2. The molecule has 0 spiro atoms. The quantitative estimate of drug-likeness (QED) is 0.635. The van der Waals surface area contributed by atoms with E-state index in [0.717, 1.165) is 36.5 Å². The van der Waals surface area contributed by atoms with E-state index in [9.17, 15) is 4.79 Å². The van der Waals surface area contributed by atoms with E-state index in [1.165, 1.54) is 6.20 Å². The van der Waals surface area contributed by atoms with Crippen LogP contribution in [0.15, 0.2) is 54.7 Å². The summed E-state index contributed by atoms with van der Waals surface area (Å²) < 4.78 is 11.7. The van der Waals surface area contributed by atoms with Gasteiger partial charge in [-0.05, 0) is 55.5 Å². The molecule has 1 aromatic heterocycles. The molecule has 1 aliphatic carbocycles. The van der Waals surface area contributed by atoms with Crippen molar-refractivity contribution in [2.75, 3.05) is 6.61 Å². The highest BCUT2D eigenvalue weighted by molar-refractivity contribution is 6.09. The minimum atomic E-state index is -0.0987. The maximum Gasteiger partial charge on any atom is 0.255 e. The predicted molar refractivity (Wildman–Crippen MR) is 118 cm³/mol. The zero-order chi connectivity index (χ0) is 21.6. The van der Waals surface area contributed by atoms with Gasteiger partial charge in [0.05, 0.1) is 17.7 Å². The number of ether oxygens (including phenoxy) is 2. The number of hydrogen-bond donors (Lipinski definition) is 1. The van der Waals surface area contributed by atoms with Crippen molar-refractivity contribution < 1.29 is 14.3 Å². The zero-order valence-corrected chi connectivity index (χ0v) is 17.5. The molecular formula is C25H25N3O3. The molecular weight excluding hydrogens is 390 g/mol. The molecule has 0 atom stereocenters. The summed E-state index contributed by atoms with van der Waals surface area (Å²) in [5.41, 5.74) is 1.11. The van der Waals surface area contributed by atoms with Crippen molar-refractivity contribution in [3.05, 3.63) is 65.9 Å². The molecule has 0 bridgehead atoms. The summed E-state index contributed by atoms with van der Waals surface area (Å²) >= 11 is 0. The lowest BCUT2D eigenvalue weighted by Gasteiger charge is -2.29. The van der Waals surface area contributed by atoms with Crippen LogP contribution in [0.25, 0.3) is 10.8 Å². The molecule has 1 heterocycles. The van der Waals surface area contributed by atoms with Crippen molar-refractivity contribution in [1.82, 2.24) is 10.3 Å². The molecule has 0 radical (unpaired) electrons. The molecule has 1 fully saturated rings. The molecule has 6 nitrogen and oxygen atoms in total. The van der Waals surface area contributed by atoms with Crippen LogP contribution in [0.1, 0.15) is 48.5 Å². The summed E-state index contributed by atoms with van der Waals surface area (Å²) in [4.78, 5) is 17.4. The topological polar surface area (TPSA) is 84.2 Å². The number of amides is 1. The fourth-order valence-electron chi connectivity index (χ4n) is 4.03. The third-order valence-corrected chi connectivity index (χ3v) is 5.58. The van der Waals surface area contributed by atoms with Gasteiger partial charge in [-0.3, -0.25) is 4.79 Å². The van der Waals surface area contributed by atoms with Crippen molar-refractivity contribution in [2.24, 2.45) is 0 Å². The third-order valence-electron chi connectivity index (χ3n) is 5.58. The van der Waals surface area contributed by atoms with Crippen molar-refractivity contribution >= 4 is 16.7 Å². The molecule has 1 N–H and O–H groups in total. The number of nitrogens with zero attached hydrogens (tertiary/aromatic N) is 2. The van der Waals surface area contributed by atoms with E-state index in [4.69, 9.17) is 14.7 Å². The largest absolute Gasteiger partial charge is 0.493 e. The average Bonchev–Trinajstić information content (AvgIpc) is 2.81. The highest BCUT2D eigenvalue weighted by atomic mass is 16.5. The second-order valence-electron chi connectivity index (χ2n) is 7.65. The molecule has 158 valence electrons. The molecule has 1 saturated carbocycles. The minimum absolute atomic E-state index is 0.0603. The first-order valence-electron chi connectivity index (χ1n) is 10.7. The fraction of sp³-hybridized carbons (Fsp3) is 0.320. The second kappa shape index (κ2) is 9.48. The number of pyridine rings is 1. The number of rotatable bonds is 6. The molecule has 0 unspecified atom stereocenters. The van der Waals surface area contributed by atoms with Crippen LogP contribution in [0, 0.1) is 11.3 Å². The van der Waals surface area contributed by atoms with Crippen LogP contribution in [0.2, 0.25) is 0 Å². The molecule has 31 heavy (non-hydrogen) atoms. The lowest BCUT2D eigenvalue weighted by molar-refractivity contribution is 0.0888. The van der Waals surface area contributed by atoms with Gasteiger partial charge >= 0.3 is 0 Å². The maximum atomic E-state index is 13.2. The summed E-state index contributed by atoms with van der Waals surface area (Å²) in [6.45, 7) is 2.42. The lowest BCUT2D eigenvalue weighted by atomic mass is 9.92. The Morgan fingerprint density at radius 1 is 1.13 bits per heavy atom. The number of hydrogen-bond acceptors (Lipinski definition) is 5. The number of nitrogens with one attached hydrogen (secondary N) is 1. The Morgan fingerprint density at radius 2 is 1.94 bits per heavy atom.